The summed E-state index contributed by atoms with van der Waals surface area (Å²) in [5.74, 6) is 0.957. The number of Topliss-reactive ketones (excluding diaryl/α,β-unsaturated/α-hetero) is 1. The van der Waals surface area contributed by atoms with Gasteiger partial charge < -0.3 is 10.2 Å². The van der Waals surface area contributed by atoms with E-state index < -0.39 is 17.5 Å². The van der Waals surface area contributed by atoms with Crippen LogP contribution in [-0.2, 0) is 9.59 Å². The van der Waals surface area contributed by atoms with Crippen molar-refractivity contribution < 1.29 is 19.8 Å². The van der Waals surface area contributed by atoms with Gasteiger partial charge in [0.15, 0.2) is 5.78 Å². The third-order valence-corrected chi connectivity index (χ3v) is 9.58. The van der Waals surface area contributed by atoms with Gasteiger partial charge in [-0.05, 0) is 66.6 Å². The van der Waals surface area contributed by atoms with E-state index >= 15 is 0 Å². The molecule has 24 heavy (non-hydrogen) atoms. The Kier molecular flexibility index (Phi) is 2.51. The second-order valence-electron chi connectivity index (χ2n) is 10.6. The lowest BCUT2D eigenvalue weighted by Gasteiger charge is -2.65. The Labute approximate surface area is 143 Å². The molecule has 6 aliphatic rings. The molecule has 132 valence electrons. The average molecular weight is 332 g/mol. The number of carbonyl (C=O) groups excluding carboxylic acids is 1. The van der Waals surface area contributed by atoms with E-state index in [0.29, 0.717) is 30.1 Å². The number of carboxylic acid groups (broad SMARTS) is 1. The van der Waals surface area contributed by atoms with E-state index in [1.807, 2.05) is 0 Å². The zero-order valence-corrected chi connectivity index (χ0v) is 14.8. The molecule has 6 saturated carbocycles. The second kappa shape index (κ2) is 3.92. The average Bonchev–Trinajstić information content (AvgIpc) is 3.01. The molecule has 4 bridgehead atoms. The molecular formula is C20H28O4. The van der Waals surface area contributed by atoms with E-state index in [0.717, 1.165) is 32.1 Å². The zero-order chi connectivity index (χ0) is 17.3. The van der Waals surface area contributed by atoms with E-state index in [4.69, 9.17) is 0 Å². The summed E-state index contributed by atoms with van der Waals surface area (Å²) in [5, 5.41) is 20.3. The normalized spacial score (nSPS) is 59.5. The Bertz CT molecular complexity index is 669. The largest absolute Gasteiger partial charge is 0.481 e. The van der Waals surface area contributed by atoms with Crippen LogP contribution in [0.15, 0.2) is 0 Å². The van der Waals surface area contributed by atoms with Crippen LogP contribution in [0.4, 0.5) is 0 Å². The smallest absolute Gasteiger partial charge is 0.310 e. The number of rotatable bonds is 1. The van der Waals surface area contributed by atoms with Crippen LogP contribution in [0.5, 0.6) is 0 Å². The topological polar surface area (TPSA) is 74.6 Å². The van der Waals surface area contributed by atoms with Crippen LogP contribution in [0.25, 0.3) is 0 Å². The molecule has 0 unspecified atom stereocenters. The van der Waals surface area contributed by atoms with Crippen LogP contribution in [-0.4, -0.2) is 28.1 Å². The predicted molar refractivity (Wildman–Crippen MR) is 87.1 cm³/mol. The van der Waals surface area contributed by atoms with Gasteiger partial charge in [0, 0.05) is 11.8 Å². The molecule has 0 aromatic rings. The number of carboxylic acids is 1. The molecule has 4 nitrogen and oxygen atoms in total. The number of carbonyl (C=O) groups is 2. The molecule has 0 heterocycles. The molecule has 0 saturated heterocycles. The van der Waals surface area contributed by atoms with Crippen molar-refractivity contribution in [3.63, 3.8) is 0 Å². The number of ketones is 1. The highest BCUT2D eigenvalue weighted by Gasteiger charge is 2.83. The number of hydrogen-bond acceptors (Lipinski definition) is 3. The summed E-state index contributed by atoms with van der Waals surface area (Å²) < 4.78 is 0. The van der Waals surface area contributed by atoms with Crippen molar-refractivity contribution in [2.45, 2.75) is 65.4 Å². The maximum Gasteiger partial charge on any atom is 0.310 e. The van der Waals surface area contributed by atoms with Crippen LogP contribution < -0.4 is 0 Å². The first-order chi connectivity index (χ1) is 11.1. The zero-order valence-electron chi connectivity index (χ0n) is 14.8. The van der Waals surface area contributed by atoms with E-state index in [2.05, 4.69) is 20.8 Å². The van der Waals surface area contributed by atoms with Crippen molar-refractivity contribution in [2.75, 3.05) is 0 Å². The van der Waals surface area contributed by atoms with E-state index in [1.54, 1.807) is 0 Å². The monoisotopic (exact) mass is 332 g/mol. The lowest BCUT2D eigenvalue weighted by atomic mass is 9.39. The number of hydrogen-bond donors (Lipinski definition) is 2. The lowest BCUT2D eigenvalue weighted by Crippen LogP contribution is -2.63. The number of aliphatic carboxylic acids is 1. The molecule has 0 aromatic heterocycles. The number of fused-ring (bicyclic) bond motifs is 1. The van der Waals surface area contributed by atoms with Gasteiger partial charge in [-0.2, -0.15) is 0 Å². The van der Waals surface area contributed by atoms with Gasteiger partial charge in [-0.3, -0.25) is 9.59 Å². The van der Waals surface area contributed by atoms with Gasteiger partial charge in [-0.15, -0.1) is 0 Å². The SMILES string of the molecule is CC1(C)[C@@H](O)C(=O)C[C@]2(C)[C@H]1CC[C@]13C[C@@H]4[C@H](C[C@@H]12)[C@]4(C(=O)O)C3. The first-order valence-electron chi connectivity index (χ1n) is 9.54. The third-order valence-electron chi connectivity index (χ3n) is 9.58. The molecule has 4 heteroatoms. The Morgan fingerprint density at radius 1 is 1.17 bits per heavy atom. The summed E-state index contributed by atoms with van der Waals surface area (Å²) in [6.45, 7) is 6.39. The van der Waals surface area contributed by atoms with Crippen molar-refractivity contribution in [3.05, 3.63) is 0 Å². The summed E-state index contributed by atoms with van der Waals surface area (Å²) in [6, 6.07) is 0. The molecule has 0 radical (unpaired) electrons. The fourth-order valence-electron chi connectivity index (χ4n) is 8.70. The third kappa shape index (κ3) is 1.36. The Morgan fingerprint density at radius 2 is 1.88 bits per heavy atom. The first-order valence-corrected chi connectivity index (χ1v) is 9.54. The van der Waals surface area contributed by atoms with Gasteiger partial charge in [0.1, 0.15) is 6.10 Å². The molecule has 6 aliphatic carbocycles. The predicted octanol–water partition coefficient (Wildman–Crippen LogP) is 2.88. The van der Waals surface area contributed by atoms with Crippen LogP contribution >= 0.6 is 0 Å². The second-order valence-corrected chi connectivity index (χ2v) is 10.6. The molecule has 2 N–H and O–H groups in total. The van der Waals surface area contributed by atoms with Crippen LogP contribution in [0.3, 0.4) is 0 Å². The fourth-order valence-corrected chi connectivity index (χ4v) is 8.70. The van der Waals surface area contributed by atoms with Crippen molar-refractivity contribution in [3.8, 4) is 0 Å². The Hall–Kier alpha value is -0.900. The molecule has 0 aromatic carbocycles. The first kappa shape index (κ1) is 15.4. The van der Waals surface area contributed by atoms with Gasteiger partial charge in [0.05, 0.1) is 5.41 Å². The quantitative estimate of drug-likeness (QED) is 0.774. The van der Waals surface area contributed by atoms with Crippen molar-refractivity contribution in [1.82, 2.24) is 0 Å². The van der Waals surface area contributed by atoms with E-state index in [1.165, 1.54) is 0 Å². The maximum absolute atomic E-state index is 12.6. The lowest BCUT2D eigenvalue weighted by molar-refractivity contribution is -0.195. The summed E-state index contributed by atoms with van der Waals surface area (Å²) >= 11 is 0. The molecule has 6 rings (SSSR count). The Balaban J connectivity index is 1.56. The number of aliphatic hydroxyl groups is 1. The van der Waals surface area contributed by atoms with Gasteiger partial charge in [-0.25, -0.2) is 0 Å². The minimum atomic E-state index is -0.846. The minimum absolute atomic E-state index is 0.00228. The van der Waals surface area contributed by atoms with Gasteiger partial charge in [0.25, 0.3) is 0 Å². The van der Waals surface area contributed by atoms with Crippen LogP contribution in [0, 0.1) is 45.3 Å². The van der Waals surface area contributed by atoms with Crippen molar-refractivity contribution >= 4 is 11.8 Å². The summed E-state index contributed by atoms with van der Waals surface area (Å²) in [4.78, 5) is 24.5. The molecule has 0 aliphatic heterocycles. The summed E-state index contributed by atoms with van der Waals surface area (Å²) in [6.07, 6.45) is 4.64. The fraction of sp³-hybridized carbons (Fsp3) is 0.900. The minimum Gasteiger partial charge on any atom is -0.481 e. The summed E-state index contributed by atoms with van der Waals surface area (Å²) in [5.41, 5.74) is -0.731. The van der Waals surface area contributed by atoms with E-state index in [-0.39, 0.29) is 22.0 Å². The molecule has 1 spiro atoms. The maximum atomic E-state index is 12.6. The van der Waals surface area contributed by atoms with Crippen LogP contribution in [0.1, 0.15) is 59.3 Å². The molecule has 6 fully saturated rings. The molecule has 8 atom stereocenters. The highest BCUT2D eigenvalue weighted by atomic mass is 16.4. The number of aliphatic hydroxyl groups excluding tert-OH is 1. The standard InChI is InChI=1S/C20H28O4/c1-17(2)13-4-5-19-7-11-10(20(11,9-19)16(23)24)6-14(19)18(13,3)8-12(21)15(17)22/h10-11,13-15,22H,4-9H2,1-3H3,(H,23,24)/t10-,11+,13-,14+,15-,18+,19+,20+/m0/s1. The Morgan fingerprint density at radius 3 is 2.50 bits per heavy atom. The molecular weight excluding hydrogens is 304 g/mol. The van der Waals surface area contributed by atoms with Crippen molar-refractivity contribution in [2.24, 2.45) is 45.3 Å². The van der Waals surface area contributed by atoms with Gasteiger partial charge >= 0.3 is 5.97 Å². The van der Waals surface area contributed by atoms with Gasteiger partial charge in [0.2, 0.25) is 0 Å². The van der Waals surface area contributed by atoms with Crippen molar-refractivity contribution in [1.29, 1.82) is 0 Å². The highest BCUT2D eigenvalue weighted by molar-refractivity contribution is 5.86. The highest BCUT2D eigenvalue weighted by Crippen LogP contribution is 2.85. The summed E-state index contributed by atoms with van der Waals surface area (Å²) in [7, 11) is 0. The van der Waals surface area contributed by atoms with Gasteiger partial charge in [-0.1, -0.05) is 20.8 Å². The van der Waals surface area contributed by atoms with Crippen LogP contribution in [0.2, 0.25) is 0 Å². The van der Waals surface area contributed by atoms with E-state index in [9.17, 15) is 19.8 Å². The molecule has 0 amide bonds.